The lowest BCUT2D eigenvalue weighted by Gasteiger charge is -2.36. The highest BCUT2D eigenvalue weighted by Crippen LogP contribution is 2.62. The Labute approximate surface area is 348 Å². The first kappa shape index (κ1) is 34.6. The summed E-state index contributed by atoms with van der Waals surface area (Å²) in [7, 11) is 0. The summed E-state index contributed by atoms with van der Waals surface area (Å²) in [4.78, 5) is 15.7. The van der Waals surface area contributed by atoms with E-state index in [0.717, 1.165) is 38.6 Å². The normalized spacial score (nSPS) is 15.0. The maximum absolute atomic E-state index is 6.21. The number of benzene rings is 8. The SMILES string of the molecule is CC(C)(C)c1ccc2c(c1)C1(c3ccccc3-c3ccccc3-c3ccc(-c4nc(-c5ccccc5)nc(-c5ccc6oc7ccccc7c6c5)n4)cc31)c1ccccc1-2. The van der Waals surface area contributed by atoms with Crippen molar-refractivity contribution in [2.45, 2.75) is 31.6 Å². The minimum absolute atomic E-state index is 0.0518. The van der Waals surface area contributed by atoms with E-state index >= 15 is 0 Å². The summed E-state index contributed by atoms with van der Waals surface area (Å²) in [5.74, 6) is 1.85. The van der Waals surface area contributed by atoms with Gasteiger partial charge < -0.3 is 4.42 Å². The molecule has 12 rings (SSSR count). The summed E-state index contributed by atoms with van der Waals surface area (Å²) in [5.41, 5.74) is 17.6. The molecule has 0 aliphatic heterocycles. The minimum atomic E-state index is -0.639. The Balaban J connectivity index is 1.17. The van der Waals surface area contributed by atoms with E-state index in [1.54, 1.807) is 0 Å². The quantitative estimate of drug-likeness (QED) is 0.180. The van der Waals surface area contributed by atoms with Gasteiger partial charge in [0.15, 0.2) is 17.5 Å². The van der Waals surface area contributed by atoms with Crippen molar-refractivity contribution in [3.63, 3.8) is 0 Å². The smallest absolute Gasteiger partial charge is 0.164 e. The summed E-state index contributed by atoms with van der Waals surface area (Å²) < 4.78 is 6.21. The van der Waals surface area contributed by atoms with Crippen LogP contribution in [0.3, 0.4) is 0 Å². The third-order valence-corrected chi connectivity index (χ3v) is 12.7. The van der Waals surface area contributed by atoms with Crippen LogP contribution in [0.4, 0.5) is 0 Å². The van der Waals surface area contributed by atoms with Crippen LogP contribution in [-0.2, 0) is 10.8 Å². The minimum Gasteiger partial charge on any atom is -0.456 e. The lowest BCUT2D eigenvalue weighted by Crippen LogP contribution is -2.30. The fraction of sp³-hybridized carbons (Fsp3) is 0.0893. The Morgan fingerprint density at radius 3 is 1.55 bits per heavy atom. The number of fused-ring (bicyclic) bond motifs is 15. The zero-order valence-corrected chi connectivity index (χ0v) is 33.6. The van der Waals surface area contributed by atoms with Crippen LogP contribution in [0.2, 0.25) is 0 Å². The Kier molecular flexibility index (Phi) is 7.37. The van der Waals surface area contributed by atoms with Gasteiger partial charge in [-0.05, 0) is 96.9 Å². The highest BCUT2D eigenvalue weighted by atomic mass is 16.3. The average molecular weight is 770 g/mol. The maximum Gasteiger partial charge on any atom is 0.164 e. The van der Waals surface area contributed by atoms with Crippen LogP contribution in [0.1, 0.15) is 48.6 Å². The maximum atomic E-state index is 6.21. The van der Waals surface area contributed by atoms with Crippen molar-refractivity contribution in [1.29, 1.82) is 0 Å². The third kappa shape index (κ3) is 5.00. The molecule has 4 heteroatoms. The Hall–Kier alpha value is -7.43. The molecule has 2 aromatic heterocycles. The molecule has 4 nitrogen and oxygen atoms in total. The van der Waals surface area contributed by atoms with E-state index in [0.29, 0.717) is 17.5 Å². The molecule has 0 saturated heterocycles. The van der Waals surface area contributed by atoms with Crippen LogP contribution in [0.25, 0.3) is 89.5 Å². The predicted molar refractivity (Wildman–Crippen MR) is 244 cm³/mol. The Morgan fingerprint density at radius 2 is 0.850 bits per heavy atom. The van der Waals surface area contributed by atoms with E-state index in [4.69, 9.17) is 19.4 Å². The molecule has 60 heavy (non-hydrogen) atoms. The molecule has 0 radical (unpaired) electrons. The number of aromatic nitrogens is 3. The molecular formula is C56H39N3O. The first-order valence-corrected chi connectivity index (χ1v) is 20.7. The molecule has 0 N–H and O–H groups in total. The third-order valence-electron chi connectivity index (χ3n) is 12.7. The first-order chi connectivity index (χ1) is 29.4. The van der Waals surface area contributed by atoms with E-state index in [1.807, 2.05) is 42.5 Å². The first-order valence-electron chi connectivity index (χ1n) is 20.7. The van der Waals surface area contributed by atoms with Crippen LogP contribution >= 0.6 is 0 Å². The van der Waals surface area contributed by atoms with Gasteiger partial charge in [0.05, 0.1) is 5.41 Å². The number of para-hydroxylation sites is 1. The Morgan fingerprint density at radius 1 is 0.367 bits per heavy atom. The van der Waals surface area contributed by atoms with E-state index in [1.165, 1.54) is 61.2 Å². The van der Waals surface area contributed by atoms with Gasteiger partial charge >= 0.3 is 0 Å². The number of nitrogens with zero attached hydrogens (tertiary/aromatic N) is 3. The molecule has 1 unspecified atom stereocenters. The largest absolute Gasteiger partial charge is 0.456 e. The summed E-state index contributed by atoms with van der Waals surface area (Å²) in [6.07, 6.45) is 0. The van der Waals surface area contributed by atoms with Crippen molar-refractivity contribution in [3.05, 3.63) is 210 Å². The van der Waals surface area contributed by atoms with Crippen LogP contribution in [0, 0.1) is 0 Å². The van der Waals surface area contributed by atoms with E-state index in [9.17, 15) is 0 Å². The second-order valence-electron chi connectivity index (χ2n) is 17.1. The van der Waals surface area contributed by atoms with Crippen molar-refractivity contribution in [1.82, 2.24) is 15.0 Å². The van der Waals surface area contributed by atoms with Crippen LogP contribution in [0.5, 0.6) is 0 Å². The summed E-state index contributed by atoms with van der Waals surface area (Å²) in [5, 5.41) is 2.10. The van der Waals surface area contributed by atoms with Crippen molar-refractivity contribution < 1.29 is 4.42 Å². The molecule has 0 saturated carbocycles. The predicted octanol–water partition coefficient (Wildman–Crippen LogP) is 14.1. The lowest BCUT2D eigenvalue weighted by atomic mass is 9.65. The van der Waals surface area contributed by atoms with E-state index in [-0.39, 0.29) is 5.41 Å². The highest BCUT2D eigenvalue weighted by molar-refractivity contribution is 6.06. The number of hydrogen-bond donors (Lipinski definition) is 0. The molecule has 0 fully saturated rings. The molecule has 2 aliphatic rings. The second-order valence-corrected chi connectivity index (χ2v) is 17.1. The molecule has 2 aliphatic carbocycles. The second kappa shape index (κ2) is 12.8. The molecule has 2 heterocycles. The molecular weight excluding hydrogens is 731 g/mol. The fourth-order valence-electron chi connectivity index (χ4n) is 9.91. The highest BCUT2D eigenvalue weighted by Gasteiger charge is 2.50. The topological polar surface area (TPSA) is 51.8 Å². The summed E-state index contributed by atoms with van der Waals surface area (Å²) >= 11 is 0. The zero-order valence-electron chi connectivity index (χ0n) is 33.6. The number of furan rings is 1. The van der Waals surface area contributed by atoms with Gasteiger partial charge in [-0.15, -0.1) is 0 Å². The Bertz CT molecular complexity index is 3370. The average Bonchev–Trinajstić information content (AvgIpc) is 3.78. The van der Waals surface area contributed by atoms with Gasteiger partial charge in [-0.2, -0.15) is 0 Å². The number of hydrogen-bond acceptors (Lipinski definition) is 4. The van der Waals surface area contributed by atoms with Crippen molar-refractivity contribution in [2.75, 3.05) is 0 Å². The molecule has 10 aromatic rings. The molecule has 8 aromatic carbocycles. The van der Waals surface area contributed by atoms with E-state index < -0.39 is 5.41 Å². The van der Waals surface area contributed by atoms with Crippen LogP contribution < -0.4 is 0 Å². The standard InChI is InChI=1S/C56H39N3O/c1-55(2,3)37-27-29-43-41-20-10-13-23-47(41)56(49(43)33-37)46-22-12-9-19-40(46)38-17-7-8-18-39(38)42-28-25-36(32-48(42)56)54-58-52(34-15-5-4-6-16-34)57-53(59-54)35-26-30-51-45(31-35)44-21-11-14-24-50(44)60-51/h4-33H,1-3H3. The van der Waals surface area contributed by atoms with Gasteiger partial charge in [0.25, 0.3) is 0 Å². The fourth-order valence-corrected chi connectivity index (χ4v) is 9.91. The molecule has 1 spiro atoms. The van der Waals surface area contributed by atoms with Crippen LogP contribution in [-0.4, -0.2) is 15.0 Å². The summed E-state index contributed by atoms with van der Waals surface area (Å²) in [6.45, 7) is 6.92. The van der Waals surface area contributed by atoms with Crippen molar-refractivity contribution in [2.24, 2.45) is 0 Å². The van der Waals surface area contributed by atoms with Gasteiger partial charge in [-0.3, -0.25) is 0 Å². The lowest BCUT2D eigenvalue weighted by molar-refractivity contribution is 0.588. The number of rotatable bonds is 3. The van der Waals surface area contributed by atoms with Crippen molar-refractivity contribution in [3.8, 4) is 67.5 Å². The zero-order chi connectivity index (χ0) is 40.2. The van der Waals surface area contributed by atoms with Gasteiger partial charge in [0.2, 0.25) is 0 Å². The van der Waals surface area contributed by atoms with E-state index in [2.05, 4.69) is 160 Å². The molecule has 0 bridgehead atoms. The molecule has 0 amide bonds. The molecule has 284 valence electrons. The van der Waals surface area contributed by atoms with Gasteiger partial charge in [-0.1, -0.05) is 172 Å². The summed E-state index contributed by atoms with van der Waals surface area (Å²) in [6, 6.07) is 65.6. The monoisotopic (exact) mass is 769 g/mol. The van der Waals surface area contributed by atoms with Crippen molar-refractivity contribution >= 4 is 21.9 Å². The van der Waals surface area contributed by atoms with Gasteiger partial charge in [0, 0.05) is 27.5 Å². The van der Waals surface area contributed by atoms with Gasteiger partial charge in [0.1, 0.15) is 11.2 Å². The van der Waals surface area contributed by atoms with Gasteiger partial charge in [-0.25, -0.2) is 15.0 Å². The molecule has 1 atom stereocenters. The van der Waals surface area contributed by atoms with Crippen LogP contribution in [0.15, 0.2) is 186 Å².